The summed E-state index contributed by atoms with van der Waals surface area (Å²) in [6.07, 6.45) is 3.03. The summed E-state index contributed by atoms with van der Waals surface area (Å²) in [5, 5.41) is 1.93. The molecule has 126 valence electrons. The highest BCUT2D eigenvalue weighted by Crippen LogP contribution is 2.38. The molecule has 0 aliphatic carbocycles. The topological polar surface area (TPSA) is 51.0 Å². The Morgan fingerprint density at radius 3 is 2.75 bits per heavy atom. The number of para-hydroxylation sites is 1. The van der Waals surface area contributed by atoms with Crippen molar-refractivity contribution in [2.24, 2.45) is 5.73 Å². The zero-order chi connectivity index (χ0) is 17.1. The predicted octanol–water partition coefficient (Wildman–Crippen LogP) is 5.09. The van der Waals surface area contributed by atoms with Gasteiger partial charge in [0.2, 0.25) is 0 Å². The lowest BCUT2D eigenvalue weighted by atomic mass is 9.98. The van der Waals surface area contributed by atoms with E-state index in [0.29, 0.717) is 6.54 Å². The van der Waals surface area contributed by atoms with Gasteiger partial charge in [-0.05, 0) is 68.1 Å². The molecule has 3 aromatic rings. The molecule has 24 heavy (non-hydrogen) atoms. The van der Waals surface area contributed by atoms with E-state index in [0.717, 1.165) is 52.4 Å². The molecule has 0 aliphatic heterocycles. The van der Waals surface area contributed by atoms with Gasteiger partial charge in [-0.3, -0.25) is 0 Å². The van der Waals surface area contributed by atoms with Crippen molar-refractivity contribution in [3.8, 4) is 17.0 Å². The number of nitrogens with two attached hydrogens (primary N) is 1. The number of rotatable bonds is 6. The van der Waals surface area contributed by atoms with Crippen molar-refractivity contribution in [1.29, 1.82) is 0 Å². The van der Waals surface area contributed by atoms with Crippen LogP contribution in [0.2, 0.25) is 5.02 Å². The van der Waals surface area contributed by atoms with Gasteiger partial charge in [0.05, 0.1) is 12.8 Å². The van der Waals surface area contributed by atoms with Crippen molar-refractivity contribution in [2.45, 2.75) is 26.2 Å². The molecule has 0 bridgehead atoms. The van der Waals surface area contributed by atoms with Gasteiger partial charge in [-0.15, -0.1) is 0 Å². The first-order valence-corrected chi connectivity index (χ1v) is 8.67. The fourth-order valence-corrected chi connectivity index (χ4v) is 3.45. The minimum atomic E-state index is 0.714. The average Bonchev–Trinajstić information content (AvgIpc) is 2.93. The van der Waals surface area contributed by atoms with Crippen LogP contribution in [0, 0.1) is 6.92 Å². The van der Waals surface area contributed by atoms with Crippen LogP contribution in [-0.2, 0) is 6.42 Å². The second-order valence-corrected chi connectivity index (χ2v) is 6.51. The molecule has 1 heterocycles. The number of H-pyrrole nitrogens is 1. The molecule has 0 fully saturated rings. The Balaban J connectivity index is 2.19. The summed E-state index contributed by atoms with van der Waals surface area (Å²) in [6, 6.07) is 12.2. The van der Waals surface area contributed by atoms with E-state index in [1.54, 1.807) is 7.11 Å². The summed E-state index contributed by atoms with van der Waals surface area (Å²) in [5.41, 5.74) is 11.4. The number of aromatic amines is 1. The van der Waals surface area contributed by atoms with Crippen LogP contribution >= 0.6 is 11.6 Å². The fraction of sp³-hybridized carbons (Fsp3) is 0.300. The van der Waals surface area contributed by atoms with E-state index in [2.05, 4.69) is 30.1 Å². The molecule has 0 saturated heterocycles. The van der Waals surface area contributed by atoms with Gasteiger partial charge in [0.15, 0.2) is 0 Å². The number of halogens is 1. The van der Waals surface area contributed by atoms with E-state index in [1.165, 1.54) is 10.9 Å². The number of nitrogens with one attached hydrogen (secondary N) is 1. The zero-order valence-electron chi connectivity index (χ0n) is 14.2. The van der Waals surface area contributed by atoms with Crippen LogP contribution in [0.1, 0.15) is 24.0 Å². The van der Waals surface area contributed by atoms with Gasteiger partial charge in [-0.25, -0.2) is 0 Å². The lowest BCUT2D eigenvalue weighted by Crippen LogP contribution is -1.99. The highest BCUT2D eigenvalue weighted by molar-refractivity contribution is 6.31. The summed E-state index contributed by atoms with van der Waals surface area (Å²) < 4.78 is 5.66. The van der Waals surface area contributed by atoms with Gasteiger partial charge >= 0.3 is 0 Å². The van der Waals surface area contributed by atoms with Crippen molar-refractivity contribution in [3.05, 3.63) is 52.5 Å². The third kappa shape index (κ3) is 3.14. The van der Waals surface area contributed by atoms with E-state index in [9.17, 15) is 0 Å². The molecule has 0 saturated carbocycles. The van der Waals surface area contributed by atoms with E-state index in [-0.39, 0.29) is 0 Å². The third-order valence-electron chi connectivity index (χ3n) is 4.43. The smallest absolute Gasteiger partial charge is 0.131 e. The molecule has 2 aromatic carbocycles. The first-order chi connectivity index (χ1) is 11.7. The standard InChI is InChI=1S/C20H23ClN2O/c1-13-6-5-8-16(20(13)24-2)19-15(7-3-4-11-22)17-12-14(21)9-10-18(17)23-19/h5-6,8-10,12,23H,3-4,7,11,22H2,1-2H3. The number of aromatic nitrogens is 1. The Labute approximate surface area is 147 Å². The third-order valence-corrected chi connectivity index (χ3v) is 4.67. The summed E-state index contributed by atoms with van der Waals surface area (Å²) in [6.45, 7) is 2.78. The van der Waals surface area contributed by atoms with Crippen LogP contribution in [-0.4, -0.2) is 18.6 Å². The largest absolute Gasteiger partial charge is 0.496 e. The Bertz CT molecular complexity index is 854. The molecule has 0 amide bonds. The highest BCUT2D eigenvalue weighted by atomic mass is 35.5. The van der Waals surface area contributed by atoms with Crippen LogP contribution in [0.4, 0.5) is 0 Å². The summed E-state index contributed by atoms with van der Waals surface area (Å²) in [7, 11) is 1.72. The number of fused-ring (bicyclic) bond motifs is 1. The monoisotopic (exact) mass is 342 g/mol. The Morgan fingerprint density at radius 2 is 2.00 bits per heavy atom. The summed E-state index contributed by atoms with van der Waals surface area (Å²) in [5.74, 6) is 0.912. The maximum Gasteiger partial charge on any atom is 0.131 e. The molecular weight excluding hydrogens is 320 g/mol. The average molecular weight is 343 g/mol. The molecule has 0 radical (unpaired) electrons. The van der Waals surface area contributed by atoms with Gasteiger partial charge in [0.25, 0.3) is 0 Å². The van der Waals surface area contributed by atoms with Crippen LogP contribution in [0.15, 0.2) is 36.4 Å². The first kappa shape index (κ1) is 16.9. The van der Waals surface area contributed by atoms with E-state index >= 15 is 0 Å². The summed E-state index contributed by atoms with van der Waals surface area (Å²) in [4.78, 5) is 3.57. The van der Waals surface area contributed by atoms with Crippen molar-refractivity contribution < 1.29 is 4.74 Å². The minimum absolute atomic E-state index is 0.714. The number of methoxy groups -OCH3 is 1. The molecule has 3 N–H and O–H groups in total. The molecule has 0 aliphatic rings. The van der Waals surface area contributed by atoms with Crippen molar-refractivity contribution in [3.63, 3.8) is 0 Å². The maximum atomic E-state index is 6.23. The van der Waals surface area contributed by atoms with Crippen molar-refractivity contribution >= 4 is 22.5 Å². The number of aryl methyl sites for hydroxylation is 2. The SMILES string of the molecule is COc1c(C)cccc1-c1[nH]c2ccc(Cl)cc2c1CCCCN. The zero-order valence-corrected chi connectivity index (χ0v) is 14.9. The van der Waals surface area contributed by atoms with Gasteiger partial charge in [0.1, 0.15) is 5.75 Å². The molecular formula is C20H23ClN2O. The molecule has 1 aromatic heterocycles. The van der Waals surface area contributed by atoms with Crippen molar-refractivity contribution in [1.82, 2.24) is 4.98 Å². The van der Waals surface area contributed by atoms with Crippen LogP contribution in [0.25, 0.3) is 22.2 Å². The summed E-state index contributed by atoms with van der Waals surface area (Å²) >= 11 is 6.23. The number of hydrogen-bond donors (Lipinski definition) is 2. The molecule has 4 heteroatoms. The predicted molar refractivity (Wildman–Crippen MR) is 102 cm³/mol. The van der Waals surface area contributed by atoms with Crippen molar-refractivity contribution in [2.75, 3.05) is 13.7 Å². The lowest BCUT2D eigenvalue weighted by Gasteiger charge is -2.12. The second-order valence-electron chi connectivity index (χ2n) is 6.07. The number of ether oxygens (including phenoxy) is 1. The Kier molecular flexibility index (Phi) is 5.12. The van der Waals surface area contributed by atoms with Gasteiger partial charge in [-0.1, -0.05) is 23.7 Å². The number of benzene rings is 2. The molecule has 3 rings (SSSR count). The Hall–Kier alpha value is -1.97. The van der Waals surface area contributed by atoms with Gasteiger partial charge < -0.3 is 15.5 Å². The molecule has 0 unspecified atom stereocenters. The Morgan fingerprint density at radius 1 is 1.17 bits per heavy atom. The molecule has 3 nitrogen and oxygen atoms in total. The number of hydrogen-bond acceptors (Lipinski definition) is 2. The van der Waals surface area contributed by atoms with Gasteiger partial charge in [0, 0.05) is 21.5 Å². The van der Waals surface area contributed by atoms with E-state index in [1.807, 2.05) is 18.2 Å². The highest BCUT2D eigenvalue weighted by Gasteiger charge is 2.17. The molecule has 0 atom stereocenters. The van der Waals surface area contributed by atoms with E-state index in [4.69, 9.17) is 22.1 Å². The molecule has 0 spiro atoms. The van der Waals surface area contributed by atoms with Crippen LogP contribution < -0.4 is 10.5 Å². The fourth-order valence-electron chi connectivity index (χ4n) is 3.28. The second kappa shape index (κ2) is 7.29. The maximum absolute atomic E-state index is 6.23. The quantitative estimate of drug-likeness (QED) is 0.613. The number of unbranched alkanes of at least 4 members (excludes halogenated alkanes) is 1. The van der Waals surface area contributed by atoms with E-state index < -0.39 is 0 Å². The lowest BCUT2D eigenvalue weighted by molar-refractivity contribution is 0.413. The first-order valence-electron chi connectivity index (χ1n) is 8.30. The normalized spacial score (nSPS) is 11.2. The minimum Gasteiger partial charge on any atom is -0.496 e. The van der Waals surface area contributed by atoms with Crippen LogP contribution in [0.5, 0.6) is 5.75 Å². The van der Waals surface area contributed by atoms with Crippen LogP contribution in [0.3, 0.4) is 0 Å². The van der Waals surface area contributed by atoms with Gasteiger partial charge in [-0.2, -0.15) is 0 Å².